The van der Waals surface area contributed by atoms with E-state index in [1.54, 1.807) is 0 Å². The van der Waals surface area contributed by atoms with Gasteiger partial charge in [-0.05, 0) is 30.3 Å². The van der Waals surface area contributed by atoms with Crippen molar-refractivity contribution in [2.45, 2.75) is 6.42 Å². The molecule has 0 aliphatic carbocycles. The molecule has 0 saturated carbocycles. The lowest BCUT2D eigenvalue weighted by atomic mass is 10.1. The lowest BCUT2D eigenvalue weighted by Gasteiger charge is -2.10. The van der Waals surface area contributed by atoms with Gasteiger partial charge >= 0.3 is 0 Å². The Kier molecular flexibility index (Phi) is 5.82. The van der Waals surface area contributed by atoms with Crippen LogP contribution in [-0.4, -0.2) is 11.8 Å². The third-order valence-electron chi connectivity index (χ3n) is 2.89. The van der Waals surface area contributed by atoms with Crippen molar-refractivity contribution >= 4 is 46.6 Å². The van der Waals surface area contributed by atoms with E-state index in [4.69, 9.17) is 34.8 Å². The SMILES string of the molecule is O=C(Cc1c(F)cccc1Cl)NNC(=O)c1cc(Cl)ccc1Cl. The van der Waals surface area contributed by atoms with Gasteiger partial charge in [-0.2, -0.15) is 0 Å². The molecule has 0 atom stereocenters. The van der Waals surface area contributed by atoms with Gasteiger partial charge in [0.1, 0.15) is 5.82 Å². The van der Waals surface area contributed by atoms with Crippen LogP contribution in [0.5, 0.6) is 0 Å². The molecule has 0 radical (unpaired) electrons. The number of benzene rings is 2. The van der Waals surface area contributed by atoms with Crippen LogP contribution >= 0.6 is 34.8 Å². The summed E-state index contributed by atoms with van der Waals surface area (Å²) in [5.74, 6) is -1.88. The van der Waals surface area contributed by atoms with Crippen molar-refractivity contribution in [1.82, 2.24) is 10.9 Å². The molecule has 2 rings (SSSR count). The summed E-state index contributed by atoms with van der Waals surface area (Å²) in [5.41, 5.74) is 4.49. The van der Waals surface area contributed by atoms with Crippen molar-refractivity contribution in [3.63, 3.8) is 0 Å². The van der Waals surface area contributed by atoms with Gasteiger partial charge in [-0.3, -0.25) is 20.4 Å². The van der Waals surface area contributed by atoms with Gasteiger partial charge in [-0.25, -0.2) is 4.39 Å². The van der Waals surface area contributed by atoms with Crippen LogP contribution in [0.3, 0.4) is 0 Å². The maximum atomic E-state index is 13.6. The molecule has 2 aromatic carbocycles. The Morgan fingerprint density at radius 3 is 2.43 bits per heavy atom. The van der Waals surface area contributed by atoms with Crippen molar-refractivity contribution in [3.05, 3.63) is 68.4 Å². The van der Waals surface area contributed by atoms with E-state index in [1.165, 1.54) is 36.4 Å². The third kappa shape index (κ3) is 4.58. The molecular formula is C15H10Cl3FN2O2. The van der Waals surface area contributed by atoms with E-state index in [0.29, 0.717) is 5.02 Å². The van der Waals surface area contributed by atoms with Crippen LogP contribution < -0.4 is 10.9 Å². The molecule has 2 N–H and O–H groups in total. The quantitative estimate of drug-likeness (QED) is 0.802. The van der Waals surface area contributed by atoms with Crippen molar-refractivity contribution in [3.8, 4) is 0 Å². The molecule has 0 spiro atoms. The Bertz CT molecular complexity index is 748. The largest absolute Gasteiger partial charge is 0.273 e. The van der Waals surface area contributed by atoms with Crippen LogP contribution in [0.25, 0.3) is 0 Å². The summed E-state index contributed by atoms with van der Waals surface area (Å²) in [6.07, 6.45) is -0.324. The highest BCUT2D eigenvalue weighted by Gasteiger charge is 2.14. The number of halogens is 4. The summed E-state index contributed by atoms with van der Waals surface area (Å²) in [6, 6.07) is 8.44. The Labute approximate surface area is 146 Å². The van der Waals surface area contributed by atoms with Crippen molar-refractivity contribution in [2.24, 2.45) is 0 Å². The minimum Gasteiger partial charge on any atom is -0.273 e. The summed E-state index contributed by atoms with van der Waals surface area (Å²) >= 11 is 17.5. The van der Waals surface area contributed by atoms with Crippen molar-refractivity contribution in [1.29, 1.82) is 0 Å². The highest BCUT2D eigenvalue weighted by molar-refractivity contribution is 6.35. The topological polar surface area (TPSA) is 58.2 Å². The van der Waals surface area contributed by atoms with Gasteiger partial charge in [-0.1, -0.05) is 40.9 Å². The number of hydrogen-bond acceptors (Lipinski definition) is 2. The van der Waals surface area contributed by atoms with Crippen LogP contribution in [-0.2, 0) is 11.2 Å². The van der Waals surface area contributed by atoms with Crippen LogP contribution in [0.4, 0.5) is 4.39 Å². The van der Waals surface area contributed by atoms with E-state index in [2.05, 4.69) is 10.9 Å². The molecule has 2 aromatic rings. The lowest BCUT2D eigenvalue weighted by molar-refractivity contribution is -0.121. The molecule has 0 saturated heterocycles. The zero-order valence-electron chi connectivity index (χ0n) is 11.5. The van der Waals surface area contributed by atoms with E-state index >= 15 is 0 Å². The number of hydrogen-bond donors (Lipinski definition) is 2. The number of carbonyl (C=O) groups excluding carboxylic acids is 2. The van der Waals surface area contributed by atoms with E-state index in [-0.39, 0.29) is 27.6 Å². The zero-order chi connectivity index (χ0) is 17.0. The normalized spacial score (nSPS) is 10.3. The van der Waals surface area contributed by atoms with Gasteiger partial charge in [0, 0.05) is 15.6 Å². The summed E-state index contributed by atoms with van der Waals surface area (Å²) < 4.78 is 13.6. The Morgan fingerprint density at radius 2 is 1.74 bits per heavy atom. The van der Waals surface area contributed by atoms with Gasteiger partial charge in [-0.15, -0.1) is 0 Å². The van der Waals surface area contributed by atoms with Crippen LogP contribution in [0.2, 0.25) is 15.1 Å². The van der Waals surface area contributed by atoms with Gasteiger partial charge in [0.15, 0.2) is 0 Å². The first-order valence-electron chi connectivity index (χ1n) is 6.35. The molecule has 23 heavy (non-hydrogen) atoms. The maximum absolute atomic E-state index is 13.6. The molecule has 0 aromatic heterocycles. The first-order valence-corrected chi connectivity index (χ1v) is 7.49. The summed E-state index contributed by atoms with van der Waals surface area (Å²) in [6.45, 7) is 0. The number of nitrogens with one attached hydrogen (secondary N) is 2. The Hall–Kier alpha value is -1.82. The van der Waals surface area contributed by atoms with Crippen molar-refractivity contribution < 1.29 is 14.0 Å². The Balaban J connectivity index is 1.99. The molecular weight excluding hydrogens is 366 g/mol. The van der Waals surface area contributed by atoms with E-state index in [9.17, 15) is 14.0 Å². The highest BCUT2D eigenvalue weighted by atomic mass is 35.5. The van der Waals surface area contributed by atoms with Crippen LogP contribution in [0, 0.1) is 5.82 Å². The molecule has 2 amide bonds. The Morgan fingerprint density at radius 1 is 1.00 bits per heavy atom. The third-order valence-corrected chi connectivity index (χ3v) is 3.81. The predicted molar refractivity (Wildman–Crippen MR) is 87.2 cm³/mol. The molecule has 8 heteroatoms. The summed E-state index contributed by atoms with van der Waals surface area (Å²) in [4.78, 5) is 23.7. The molecule has 4 nitrogen and oxygen atoms in total. The van der Waals surface area contributed by atoms with Gasteiger partial charge in [0.25, 0.3) is 5.91 Å². The fourth-order valence-corrected chi connectivity index (χ4v) is 2.38. The molecule has 120 valence electrons. The van der Waals surface area contributed by atoms with Gasteiger partial charge < -0.3 is 0 Å². The maximum Gasteiger partial charge on any atom is 0.271 e. The van der Waals surface area contributed by atoms with Crippen LogP contribution in [0.15, 0.2) is 36.4 Å². The van der Waals surface area contributed by atoms with E-state index in [1.807, 2.05) is 0 Å². The molecule has 0 aliphatic rings. The average molecular weight is 376 g/mol. The summed E-state index contributed by atoms with van der Waals surface area (Å²) in [5, 5.41) is 0.631. The van der Waals surface area contributed by atoms with Gasteiger partial charge in [0.05, 0.1) is 17.0 Å². The van der Waals surface area contributed by atoms with E-state index in [0.717, 1.165) is 0 Å². The second kappa shape index (κ2) is 7.64. The number of rotatable bonds is 3. The fourth-order valence-electron chi connectivity index (χ4n) is 1.77. The number of hydrazine groups is 1. The molecule has 0 bridgehead atoms. The fraction of sp³-hybridized carbons (Fsp3) is 0.0667. The average Bonchev–Trinajstić information content (AvgIpc) is 2.51. The predicted octanol–water partition coefficient (Wildman–Crippen LogP) is 3.79. The minimum absolute atomic E-state index is 0.0432. The molecule has 0 unspecified atom stereocenters. The molecule has 0 heterocycles. The standard InChI is InChI=1S/C15H10Cl3FN2O2/c16-8-4-5-12(18)10(6-8)15(23)21-20-14(22)7-9-11(17)2-1-3-13(9)19/h1-6H,7H2,(H,20,22)(H,21,23). The first-order chi connectivity index (χ1) is 10.9. The highest BCUT2D eigenvalue weighted by Crippen LogP contribution is 2.21. The number of carbonyl (C=O) groups is 2. The number of amides is 2. The summed E-state index contributed by atoms with van der Waals surface area (Å²) in [7, 11) is 0. The minimum atomic E-state index is -0.648. The van der Waals surface area contributed by atoms with Crippen molar-refractivity contribution in [2.75, 3.05) is 0 Å². The first kappa shape index (κ1) is 17.5. The smallest absolute Gasteiger partial charge is 0.271 e. The monoisotopic (exact) mass is 374 g/mol. The van der Waals surface area contributed by atoms with Gasteiger partial charge in [0.2, 0.25) is 5.91 Å². The zero-order valence-corrected chi connectivity index (χ0v) is 13.8. The lowest BCUT2D eigenvalue weighted by Crippen LogP contribution is -2.42. The molecule has 0 fully saturated rings. The molecule has 0 aliphatic heterocycles. The van der Waals surface area contributed by atoms with E-state index < -0.39 is 17.6 Å². The van der Waals surface area contributed by atoms with Crippen LogP contribution in [0.1, 0.15) is 15.9 Å². The second-order valence-electron chi connectivity index (χ2n) is 4.50. The second-order valence-corrected chi connectivity index (χ2v) is 5.75.